The number of hydrogen-bond donors (Lipinski definition) is 1. The summed E-state index contributed by atoms with van der Waals surface area (Å²) >= 11 is 0. The van der Waals surface area contributed by atoms with Crippen molar-refractivity contribution in [1.29, 1.82) is 0 Å². The van der Waals surface area contributed by atoms with Gasteiger partial charge in [0.05, 0.1) is 0 Å². The van der Waals surface area contributed by atoms with Gasteiger partial charge in [0.1, 0.15) is 25.6 Å². The van der Waals surface area contributed by atoms with E-state index in [1.165, 1.54) is 5.56 Å². The monoisotopic (exact) mass is 378 g/mol. The average Bonchev–Trinajstić information content (AvgIpc) is 2.64. The molecule has 0 saturated heterocycles. The molecule has 0 amide bonds. The molecule has 1 aliphatic heterocycles. The van der Waals surface area contributed by atoms with E-state index in [-0.39, 0.29) is 12.4 Å². The third-order valence-corrected chi connectivity index (χ3v) is 4.00. The lowest BCUT2D eigenvalue weighted by Gasteiger charge is -2.19. The lowest BCUT2D eigenvalue weighted by Crippen LogP contribution is -2.26. The number of ether oxygens (including phenoxy) is 3. The third kappa shape index (κ3) is 6.09. The fourth-order valence-electron chi connectivity index (χ4n) is 2.58. The fourth-order valence-corrected chi connectivity index (χ4v) is 2.58. The van der Waals surface area contributed by atoms with Crippen molar-refractivity contribution < 1.29 is 14.2 Å². The summed E-state index contributed by atoms with van der Waals surface area (Å²) < 4.78 is 17.0. The Morgan fingerprint density at radius 3 is 2.38 bits per heavy atom. The minimum Gasteiger partial charge on any atom is -0.489 e. The minimum absolute atomic E-state index is 0. The van der Waals surface area contributed by atoms with E-state index in [4.69, 9.17) is 14.2 Å². The first-order chi connectivity index (χ1) is 12.2. The molecule has 0 saturated carbocycles. The van der Waals surface area contributed by atoms with E-state index in [0.717, 1.165) is 42.4 Å². The van der Waals surface area contributed by atoms with Gasteiger partial charge < -0.3 is 24.4 Å². The quantitative estimate of drug-likeness (QED) is 0.715. The normalized spacial score (nSPS) is 12.6. The van der Waals surface area contributed by atoms with Gasteiger partial charge in [-0.3, -0.25) is 0 Å². The molecule has 3 rings (SSSR count). The predicted octanol–water partition coefficient (Wildman–Crippen LogP) is 3.11. The first-order valence-corrected chi connectivity index (χ1v) is 8.66. The Hall–Kier alpha value is -1.95. The van der Waals surface area contributed by atoms with Crippen molar-refractivity contribution in [2.24, 2.45) is 0 Å². The van der Waals surface area contributed by atoms with E-state index in [9.17, 15) is 0 Å². The van der Waals surface area contributed by atoms with Crippen LogP contribution >= 0.6 is 12.4 Å². The lowest BCUT2D eigenvalue weighted by atomic mass is 10.2. The van der Waals surface area contributed by atoms with Crippen LogP contribution in [0.4, 0.5) is 0 Å². The Bertz CT molecular complexity index is 677. The molecular weight excluding hydrogens is 352 g/mol. The van der Waals surface area contributed by atoms with Gasteiger partial charge in [-0.15, -0.1) is 12.4 Å². The Balaban J connectivity index is 0.00000243. The molecule has 142 valence electrons. The summed E-state index contributed by atoms with van der Waals surface area (Å²) in [6.07, 6.45) is 0. The summed E-state index contributed by atoms with van der Waals surface area (Å²) in [7, 11) is 4.16. The molecule has 0 spiro atoms. The molecule has 0 atom stereocenters. The van der Waals surface area contributed by atoms with E-state index in [0.29, 0.717) is 19.8 Å². The second-order valence-electron chi connectivity index (χ2n) is 6.39. The zero-order valence-corrected chi connectivity index (χ0v) is 16.2. The minimum atomic E-state index is 0. The van der Waals surface area contributed by atoms with E-state index in [1.54, 1.807) is 0 Å². The van der Waals surface area contributed by atoms with Gasteiger partial charge in [-0.2, -0.15) is 0 Å². The molecule has 6 heteroatoms. The summed E-state index contributed by atoms with van der Waals surface area (Å²) in [6, 6.07) is 14.2. The second kappa shape index (κ2) is 10.3. The van der Waals surface area contributed by atoms with Crippen LogP contribution in [0.1, 0.15) is 11.1 Å². The Labute approximate surface area is 161 Å². The summed E-state index contributed by atoms with van der Waals surface area (Å²) in [5.41, 5.74) is 2.32. The number of rotatable bonds is 8. The summed E-state index contributed by atoms with van der Waals surface area (Å²) in [5.74, 6) is 2.47. The molecule has 0 radical (unpaired) electrons. The van der Waals surface area contributed by atoms with Crippen LogP contribution in [0.25, 0.3) is 0 Å². The SMILES string of the molecule is CN(C)CCNCc1ccc(OCc2ccc3c(c2)OCCO3)cc1.Cl. The molecule has 0 fully saturated rings. The number of halogens is 1. The predicted molar refractivity (Wildman–Crippen MR) is 106 cm³/mol. The molecular formula is C20H27ClN2O3. The maximum atomic E-state index is 5.87. The highest BCUT2D eigenvalue weighted by Crippen LogP contribution is 2.31. The van der Waals surface area contributed by atoms with Gasteiger partial charge in [-0.25, -0.2) is 0 Å². The van der Waals surface area contributed by atoms with Crippen molar-refractivity contribution in [3.05, 3.63) is 53.6 Å². The van der Waals surface area contributed by atoms with Crippen LogP contribution in [-0.2, 0) is 13.2 Å². The molecule has 0 bridgehead atoms. The van der Waals surface area contributed by atoms with Crippen LogP contribution in [0.5, 0.6) is 17.2 Å². The molecule has 2 aromatic rings. The first-order valence-electron chi connectivity index (χ1n) is 8.66. The standard InChI is InChI=1S/C20H26N2O3.ClH/c1-22(2)10-9-21-14-16-3-6-18(7-4-16)25-15-17-5-8-19-20(13-17)24-12-11-23-19;/h3-8,13,21H,9-12,14-15H2,1-2H3;1H. The van der Waals surface area contributed by atoms with Gasteiger partial charge in [-0.1, -0.05) is 18.2 Å². The number of nitrogens with zero attached hydrogens (tertiary/aromatic N) is 1. The van der Waals surface area contributed by atoms with E-state index in [2.05, 4.69) is 36.4 Å². The van der Waals surface area contributed by atoms with Crippen LogP contribution in [0.3, 0.4) is 0 Å². The zero-order chi connectivity index (χ0) is 17.5. The maximum Gasteiger partial charge on any atom is 0.161 e. The third-order valence-electron chi connectivity index (χ3n) is 4.00. The van der Waals surface area contributed by atoms with Gasteiger partial charge in [0.15, 0.2) is 11.5 Å². The fraction of sp³-hybridized carbons (Fsp3) is 0.400. The highest BCUT2D eigenvalue weighted by Gasteiger charge is 2.11. The van der Waals surface area contributed by atoms with Crippen molar-refractivity contribution in [2.45, 2.75) is 13.2 Å². The van der Waals surface area contributed by atoms with Gasteiger partial charge in [0.2, 0.25) is 0 Å². The van der Waals surface area contributed by atoms with Crippen LogP contribution in [0.2, 0.25) is 0 Å². The summed E-state index contributed by atoms with van der Waals surface area (Å²) in [6.45, 7) is 4.61. The molecule has 5 nitrogen and oxygen atoms in total. The second-order valence-corrected chi connectivity index (χ2v) is 6.39. The molecule has 26 heavy (non-hydrogen) atoms. The van der Waals surface area contributed by atoms with Crippen molar-refractivity contribution >= 4 is 12.4 Å². The summed E-state index contributed by atoms with van der Waals surface area (Å²) in [4.78, 5) is 2.17. The van der Waals surface area contributed by atoms with Crippen molar-refractivity contribution in [1.82, 2.24) is 10.2 Å². The highest BCUT2D eigenvalue weighted by atomic mass is 35.5. The first kappa shape index (κ1) is 20.4. The molecule has 1 N–H and O–H groups in total. The smallest absolute Gasteiger partial charge is 0.161 e. The molecule has 1 heterocycles. The van der Waals surface area contributed by atoms with Gasteiger partial charge >= 0.3 is 0 Å². The zero-order valence-electron chi connectivity index (χ0n) is 15.4. The molecule has 0 aliphatic carbocycles. The Kier molecular flexibility index (Phi) is 8.04. The van der Waals surface area contributed by atoms with Crippen LogP contribution in [0.15, 0.2) is 42.5 Å². The van der Waals surface area contributed by atoms with E-state index in [1.807, 2.05) is 30.3 Å². The van der Waals surface area contributed by atoms with Gasteiger partial charge in [0, 0.05) is 19.6 Å². The van der Waals surface area contributed by atoms with Crippen LogP contribution in [-0.4, -0.2) is 45.3 Å². The highest BCUT2D eigenvalue weighted by molar-refractivity contribution is 5.85. The Morgan fingerprint density at radius 2 is 1.65 bits per heavy atom. The number of nitrogens with one attached hydrogen (secondary N) is 1. The van der Waals surface area contributed by atoms with Crippen molar-refractivity contribution in [2.75, 3.05) is 40.4 Å². The summed E-state index contributed by atoms with van der Waals surface area (Å²) in [5, 5.41) is 3.43. The van der Waals surface area contributed by atoms with Crippen LogP contribution < -0.4 is 19.5 Å². The number of hydrogen-bond acceptors (Lipinski definition) is 5. The van der Waals surface area contributed by atoms with Crippen molar-refractivity contribution in [3.63, 3.8) is 0 Å². The van der Waals surface area contributed by atoms with Crippen molar-refractivity contribution in [3.8, 4) is 17.2 Å². The molecule has 0 unspecified atom stereocenters. The molecule has 0 aromatic heterocycles. The Morgan fingerprint density at radius 1 is 0.962 bits per heavy atom. The number of fused-ring (bicyclic) bond motifs is 1. The van der Waals surface area contributed by atoms with E-state index < -0.39 is 0 Å². The van der Waals surface area contributed by atoms with E-state index >= 15 is 0 Å². The van der Waals surface area contributed by atoms with Gasteiger partial charge in [-0.05, 0) is 49.5 Å². The average molecular weight is 379 g/mol. The molecule has 1 aliphatic rings. The van der Waals surface area contributed by atoms with Crippen LogP contribution in [0, 0.1) is 0 Å². The lowest BCUT2D eigenvalue weighted by molar-refractivity contribution is 0.171. The number of likely N-dealkylation sites (N-methyl/N-ethyl adjacent to an activating group) is 1. The van der Waals surface area contributed by atoms with Gasteiger partial charge in [0.25, 0.3) is 0 Å². The maximum absolute atomic E-state index is 5.87. The molecule has 2 aromatic carbocycles. The number of benzene rings is 2. The largest absolute Gasteiger partial charge is 0.489 e. The topological polar surface area (TPSA) is 43.0 Å².